The van der Waals surface area contributed by atoms with Crippen LogP contribution in [0.1, 0.15) is 19.8 Å². The van der Waals surface area contributed by atoms with Gasteiger partial charge < -0.3 is 10.1 Å². The Morgan fingerprint density at radius 2 is 1.56 bits per heavy atom. The number of carbonyl (C=O) groups excluding carboxylic acids is 4. The maximum absolute atomic E-state index is 12.7. The number of allylic oxidation sites excluding steroid dienone is 2. The van der Waals surface area contributed by atoms with Crippen LogP contribution < -0.4 is 5.32 Å². The van der Waals surface area contributed by atoms with Gasteiger partial charge in [0.05, 0.1) is 11.8 Å². The summed E-state index contributed by atoms with van der Waals surface area (Å²) >= 11 is 0. The molecule has 4 rings (SSSR count). The Labute approximate surface area is 186 Å². The quantitative estimate of drug-likeness (QED) is 0.430. The van der Waals surface area contributed by atoms with Crippen LogP contribution in [0.5, 0.6) is 0 Å². The van der Waals surface area contributed by atoms with Crippen molar-refractivity contribution in [2.45, 2.75) is 25.9 Å². The van der Waals surface area contributed by atoms with E-state index in [1.807, 2.05) is 54.6 Å². The van der Waals surface area contributed by atoms with Gasteiger partial charge in [0.25, 0.3) is 5.91 Å². The summed E-state index contributed by atoms with van der Waals surface area (Å²) in [6.07, 6.45) is 3.67. The zero-order valence-corrected chi connectivity index (χ0v) is 17.7. The van der Waals surface area contributed by atoms with Gasteiger partial charge in [-0.05, 0) is 31.4 Å². The zero-order valence-electron chi connectivity index (χ0n) is 17.7. The minimum atomic E-state index is -1.09. The molecule has 1 saturated heterocycles. The van der Waals surface area contributed by atoms with Crippen LogP contribution in [0.2, 0.25) is 0 Å². The second-order valence-corrected chi connectivity index (χ2v) is 7.95. The van der Waals surface area contributed by atoms with Gasteiger partial charge in [0.15, 0.2) is 6.10 Å². The summed E-state index contributed by atoms with van der Waals surface area (Å²) in [5, 5.41) is 2.79. The van der Waals surface area contributed by atoms with E-state index in [-0.39, 0.29) is 11.8 Å². The normalized spacial score (nSPS) is 20.6. The number of hydrogen-bond donors (Lipinski definition) is 1. The molecule has 1 fully saturated rings. The number of likely N-dealkylation sites (tertiary alicyclic amines) is 1. The molecule has 3 atom stereocenters. The SMILES string of the molecule is CC(OC(=O)CN1C(=O)C2CC=CCC2C1=O)C(=O)Nc1ccccc1-c1ccccc1. The van der Waals surface area contributed by atoms with E-state index in [0.717, 1.165) is 16.0 Å². The molecule has 0 aromatic heterocycles. The van der Waals surface area contributed by atoms with Gasteiger partial charge >= 0.3 is 5.97 Å². The van der Waals surface area contributed by atoms with E-state index in [2.05, 4.69) is 5.32 Å². The number of rotatable bonds is 6. The van der Waals surface area contributed by atoms with Gasteiger partial charge in [-0.3, -0.25) is 24.1 Å². The van der Waals surface area contributed by atoms with Gasteiger partial charge in [-0.2, -0.15) is 0 Å². The summed E-state index contributed by atoms with van der Waals surface area (Å²) in [7, 11) is 0. The lowest BCUT2D eigenvalue weighted by Gasteiger charge is -2.18. The Bertz CT molecular complexity index is 1050. The molecule has 2 aromatic carbocycles. The van der Waals surface area contributed by atoms with Crippen molar-refractivity contribution >= 4 is 29.4 Å². The molecule has 3 unspecified atom stereocenters. The van der Waals surface area contributed by atoms with Gasteiger partial charge in [-0.1, -0.05) is 60.7 Å². The van der Waals surface area contributed by atoms with Gasteiger partial charge in [-0.25, -0.2) is 0 Å². The molecule has 1 aliphatic carbocycles. The van der Waals surface area contributed by atoms with Crippen molar-refractivity contribution in [3.8, 4) is 11.1 Å². The smallest absolute Gasteiger partial charge is 0.326 e. The fraction of sp³-hybridized carbons (Fsp3) is 0.280. The van der Waals surface area contributed by atoms with Crippen molar-refractivity contribution in [1.82, 2.24) is 4.90 Å². The van der Waals surface area contributed by atoms with Crippen LogP contribution in [-0.4, -0.2) is 41.2 Å². The highest BCUT2D eigenvalue weighted by Crippen LogP contribution is 2.35. The Morgan fingerprint density at radius 3 is 2.22 bits per heavy atom. The molecule has 1 heterocycles. The highest BCUT2D eigenvalue weighted by Gasteiger charge is 2.47. The molecule has 0 saturated carbocycles. The van der Waals surface area contributed by atoms with E-state index in [0.29, 0.717) is 18.5 Å². The molecular weight excluding hydrogens is 408 g/mol. The molecule has 7 nitrogen and oxygen atoms in total. The summed E-state index contributed by atoms with van der Waals surface area (Å²) in [4.78, 5) is 51.0. The van der Waals surface area contributed by atoms with E-state index in [9.17, 15) is 19.2 Å². The molecule has 32 heavy (non-hydrogen) atoms. The first kappa shape index (κ1) is 21.5. The third-order valence-corrected chi connectivity index (χ3v) is 5.83. The third kappa shape index (κ3) is 4.32. The van der Waals surface area contributed by atoms with Crippen molar-refractivity contribution in [1.29, 1.82) is 0 Å². The van der Waals surface area contributed by atoms with E-state index >= 15 is 0 Å². The first-order valence-electron chi connectivity index (χ1n) is 10.6. The van der Waals surface area contributed by atoms with E-state index < -0.39 is 36.4 Å². The molecule has 0 spiro atoms. The first-order valence-corrected chi connectivity index (χ1v) is 10.6. The summed E-state index contributed by atoms with van der Waals surface area (Å²) in [6.45, 7) is 0.971. The number of ether oxygens (including phenoxy) is 1. The number of anilines is 1. The zero-order chi connectivity index (χ0) is 22.7. The molecule has 2 aliphatic rings. The average molecular weight is 432 g/mol. The van der Waals surface area contributed by atoms with Gasteiger partial charge in [-0.15, -0.1) is 0 Å². The predicted molar refractivity (Wildman–Crippen MR) is 118 cm³/mol. The fourth-order valence-electron chi connectivity index (χ4n) is 4.14. The van der Waals surface area contributed by atoms with Gasteiger partial charge in [0, 0.05) is 11.3 Å². The number of amides is 3. The molecule has 0 radical (unpaired) electrons. The minimum Gasteiger partial charge on any atom is -0.451 e. The number of carbonyl (C=O) groups is 4. The van der Waals surface area contributed by atoms with Crippen LogP contribution in [0.25, 0.3) is 11.1 Å². The Kier molecular flexibility index (Phi) is 6.16. The molecule has 164 valence electrons. The van der Waals surface area contributed by atoms with Crippen LogP contribution in [0.4, 0.5) is 5.69 Å². The number of para-hydroxylation sites is 1. The summed E-state index contributed by atoms with van der Waals surface area (Å²) in [5.74, 6) is -2.81. The first-order chi connectivity index (χ1) is 15.5. The van der Waals surface area contributed by atoms with Gasteiger partial charge in [0.1, 0.15) is 6.54 Å². The number of fused-ring (bicyclic) bond motifs is 1. The van der Waals surface area contributed by atoms with Crippen LogP contribution >= 0.6 is 0 Å². The Hall–Kier alpha value is -3.74. The summed E-state index contributed by atoms with van der Waals surface area (Å²) < 4.78 is 5.23. The van der Waals surface area contributed by atoms with Crippen LogP contribution in [-0.2, 0) is 23.9 Å². The average Bonchev–Trinajstić information content (AvgIpc) is 3.05. The largest absolute Gasteiger partial charge is 0.451 e. The molecule has 7 heteroatoms. The maximum atomic E-state index is 12.7. The van der Waals surface area contributed by atoms with Crippen molar-refractivity contribution in [2.24, 2.45) is 11.8 Å². The molecular formula is C25H24N2O5. The number of nitrogens with one attached hydrogen (secondary N) is 1. The number of nitrogens with zero attached hydrogens (tertiary/aromatic N) is 1. The van der Waals surface area contributed by atoms with Gasteiger partial charge in [0.2, 0.25) is 11.8 Å². The Balaban J connectivity index is 1.37. The standard InChI is InChI=1S/C25H24N2O5/c1-16(23(29)26-21-14-8-7-11-18(21)17-9-3-2-4-10-17)32-22(28)15-27-24(30)19-12-5-6-13-20(19)25(27)31/h2-11,14,16,19-20H,12-13,15H2,1H3,(H,26,29). The van der Waals surface area contributed by atoms with Crippen molar-refractivity contribution < 1.29 is 23.9 Å². The van der Waals surface area contributed by atoms with Crippen LogP contribution in [0.15, 0.2) is 66.7 Å². The molecule has 2 aromatic rings. The predicted octanol–water partition coefficient (Wildman–Crippen LogP) is 3.18. The monoisotopic (exact) mass is 432 g/mol. The highest BCUT2D eigenvalue weighted by molar-refractivity contribution is 6.07. The number of imide groups is 1. The fourth-order valence-corrected chi connectivity index (χ4v) is 4.14. The molecule has 0 bridgehead atoms. The minimum absolute atomic E-state index is 0.352. The number of hydrogen-bond acceptors (Lipinski definition) is 5. The second kappa shape index (κ2) is 9.18. The maximum Gasteiger partial charge on any atom is 0.326 e. The van der Waals surface area contributed by atoms with Crippen molar-refractivity contribution in [3.63, 3.8) is 0 Å². The highest BCUT2D eigenvalue weighted by atomic mass is 16.5. The van der Waals surface area contributed by atoms with Crippen molar-refractivity contribution in [2.75, 3.05) is 11.9 Å². The lowest BCUT2D eigenvalue weighted by Crippen LogP contribution is -2.39. The third-order valence-electron chi connectivity index (χ3n) is 5.83. The van der Waals surface area contributed by atoms with Crippen LogP contribution in [0, 0.1) is 11.8 Å². The molecule has 1 N–H and O–H groups in total. The molecule has 3 amide bonds. The molecule has 1 aliphatic heterocycles. The topological polar surface area (TPSA) is 92.8 Å². The van der Waals surface area contributed by atoms with E-state index in [1.54, 1.807) is 12.1 Å². The van der Waals surface area contributed by atoms with E-state index in [4.69, 9.17) is 4.74 Å². The summed E-state index contributed by atoms with van der Waals surface area (Å²) in [6, 6.07) is 16.9. The van der Waals surface area contributed by atoms with Crippen LogP contribution in [0.3, 0.4) is 0 Å². The number of esters is 1. The van der Waals surface area contributed by atoms with Crippen molar-refractivity contribution in [3.05, 3.63) is 66.7 Å². The summed E-state index contributed by atoms with van der Waals surface area (Å²) in [5.41, 5.74) is 2.37. The number of benzene rings is 2. The Morgan fingerprint density at radius 1 is 0.969 bits per heavy atom. The second-order valence-electron chi connectivity index (χ2n) is 7.95. The lowest BCUT2D eigenvalue weighted by molar-refractivity contribution is -0.158. The van der Waals surface area contributed by atoms with E-state index in [1.165, 1.54) is 6.92 Å². The lowest BCUT2D eigenvalue weighted by atomic mass is 9.85.